The Morgan fingerprint density at radius 1 is 1.25 bits per heavy atom. The van der Waals surface area contributed by atoms with E-state index >= 15 is 0 Å². The first-order valence-corrected chi connectivity index (χ1v) is 2.97. The largest absolute Gasteiger partial charge is 0.322 e. The Labute approximate surface area is 88.9 Å². The molecule has 1 saturated heterocycles. The number of hydrogen-bond donors (Lipinski definition) is 2. The third kappa shape index (κ3) is 4.62. The lowest BCUT2D eigenvalue weighted by Crippen LogP contribution is -2.53. The van der Waals surface area contributed by atoms with Crippen LogP contribution in [0.2, 0.25) is 0 Å². The van der Waals surface area contributed by atoms with E-state index in [2.05, 4.69) is 5.32 Å². The molecule has 2 nitrogen and oxygen atoms in total. The van der Waals surface area contributed by atoms with E-state index in [1.807, 2.05) is 0 Å². The lowest BCUT2D eigenvalue weighted by Gasteiger charge is -2.28. The van der Waals surface area contributed by atoms with Crippen LogP contribution < -0.4 is 11.1 Å². The molecule has 1 rings (SSSR count). The maximum Gasteiger partial charge on any atom is 0.265 e. The van der Waals surface area contributed by atoms with Gasteiger partial charge in [0.15, 0.2) is 0 Å². The minimum atomic E-state index is -2.65. The number of halogens is 5. The monoisotopic (exact) mass is 244 g/mol. The second-order valence-corrected chi connectivity index (χ2v) is 2.32. The summed E-state index contributed by atoms with van der Waals surface area (Å²) in [6.07, 6.45) is -0.131. The molecule has 0 amide bonds. The summed E-state index contributed by atoms with van der Waals surface area (Å²) < 4.78 is 24.9. The highest BCUT2D eigenvalue weighted by molar-refractivity contribution is 5.86. The molecule has 0 bridgehead atoms. The summed E-state index contributed by atoms with van der Waals surface area (Å²) in [7, 11) is 0. The van der Waals surface area contributed by atoms with Gasteiger partial charge in [-0.2, -0.15) is 0 Å². The maximum absolute atomic E-state index is 12.4. The smallest absolute Gasteiger partial charge is 0.265 e. The van der Waals surface area contributed by atoms with Gasteiger partial charge in [0.2, 0.25) is 0 Å². The molecular formula is C5H13Cl3F2N2. The van der Waals surface area contributed by atoms with Gasteiger partial charge in [-0.05, 0) is 0 Å². The second-order valence-electron chi connectivity index (χ2n) is 2.32. The van der Waals surface area contributed by atoms with Crippen LogP contribution in [0.4, 0.5) is 8.78 Å². The van der Waals surface area contributed by atoms with Crippen LogP contribution >= 0.6 is 37.2 Å². The van der Waals surface area contributed by atoms with Gasteiger partial charge in [-0.15, -0.1) is 37.2 Å². The number of alkyl halides is 2. The Bertz CT molecular complexity index is 115. The first-order chi connectivity index (χ1) is 4.13. The van der Waals surface area contributed by atoms with Crippen LogP contribution in [-0.2, 0) is 0 Å². The molecule has 1 unspecified atom stereocenters. The van der Waals surface area contributed by atoms with Crippen molar-refractivity contribution in [2.45, 2.75) is 18.4 Å². The zero-order chi connectivity index (χ0) is 6.91. The maximum atomic E-state index is 12.4. The molecule has 7 heteroatoms. The van der Waals surface area contributed by atoms with Crippen molar-refractivity contribution in [1.29, 1.82) is 0 Å². The van der Waals surface area contributed by atoms with Crippen LogP contribution in [0.25, 0.3) is 0 Å². The Balaban J connectivity index is -0.000000270. The van der Waals surface area contributed by atoms with E-state index in [0.717, 1.165) is 0 Å². The third-order valence-electron chi connectivity index (χ3n) is 1.54. The average molecular weight is 246 g/mol. The van der Waals surface area contributed by atoms with E-state index in [1.165, 1.54) is 0 Å². The summed E-state index contributed by atoms with van der Waals surface area (Å²) in [5, 5.41) is 2.79. The lowest BCUT2D eigenvalue weighted by atomic mass is 10.0. The highest BCUT2D eigenvalue weighted by Crippen LogP contribution is 2.22. The first kappa shape index (κ1) is 18.4. The van der Waals surface area contributed by atoms with Crippen molar-refractivity contribution in [3.63, 3.8) is 0 Å². The number of hydrogen-bond acceptors (Lipinski definition) is 2. The van der Waals surface area contributed by atoms with Gasteiger partial charge in [0, 0.05) is 19.5 Å². The number of rotatable bonds is 0. The highest BCUT2D eigenvalue weighted by Gasteiger charge is 2.38. The van der Waals surface area contributed by atoms with Gasteiger partial charge >= 0.3 is 0 Å². The molecule has 0 radical (unpaired) electrons. The molecule has 0 saturated carbocycles. The van der Waals surface area contributed by atoms with Gasteiger partial charge in [-0.1, -0.05) is 0 Å². The zero-order valence-electron chi connectivity index (χ0n) is 6.26. The van der Waals surface area contributed by atoms with Gasteiger partial charge in [0.1, 0.15) is 0 Å². The first-order valence-electron chi connectivity index (χ1n) is 2.97. The molecule has 0 spiro atoms. The van der Waals surface area contributed by atoms with E-state index in [4.69, 9.17) is 5.73 Å². The van der Waals surface area contributed by atoms with Gasteiger partial charge in [-0.3, -0.25) is 0 Å². The summed E-state index contributed by atoms with van der Waals surface area (Å²) >= 11 is 0. The Hall–Kier alpha value is 0.650. The van der Waals surface area contributed by atoms with Gasteiger partial charge < -0.3 is 11.1 Å². The van der Waals surface area contributed by atoms with Gasteiger partial charge in [0.25, 0.3) is 5.92 Å². The van der Waals surface area contributed by atoms with E-state index in [0.29, 0.717) is 6.54 Å². The van der Waals surface area contributed by atoms with Crippen LogP contribution in [0.15, 0.2) is 0 Å². The average Bonchev–Trinajstić information content (AvgIpc) is 1.77. The van der Waals surface area contributed by atoms with Crippen LogP contribution in [0.1, 0.15) is 6.42 Å². The van der Waals surface area contributed by atoms with Crippen molar-refractivity contribution >= 4 is 37.2 Å². The predicted molar refractivity (Wildman–Crippen MR) is 52.2 cm³/mol. The quantitative estimate of drug-likeness (QED) is 0.673. The van der Waals surface area contributed by atoms with Crippen molar-refractivity contribution < 1.29 is 8.78 Å². The molecule has 0 aliphatic carbocycles. The Kier molecular flexibility index (Phi) is 10.9. The molecule has 0 aromatic heterocycles. The summed E-state index contributed by atoms with van der Waals surface area (Å²) in [5.41, 5.74) is 5.10. The molecule has 1 aliphatic heterocycles. The summed E-state index contributed by atoms with van der Waals surface area (Å²) in [6.45, 7) is 0.605. The molecule has 1 atom stereocenters. The molecule has 78 valence electrons. The molecule has 12 heavy (non-hydrogen) atoms. The molecular weight excluding hydrogens is 232 g/mol. The lowest BCUT2D eigenvalue weighted by molar-refractivity contribution is -0.0448. The molecule has 0 aromatic carbocycles. The zero-order valence-corrected chi connectivity index (χ0v) is 8.71. The van der Waals surface area contributed by atoms with Gasteiger partial charge in [0.05, 0.1) is 6.04 Å². The van der Waals surface area contributed by atoms with Crippen LogP contribution in [-0.4, -0.2) is 25.1 Å². The fourth-order valence-electron chi connectivity index (χ4n) is 0.847. The molecule has 1 heterocycles. The normalized spacial score (nSPS) is 25.8. The molecule has 1 aliphatic rings. The fourth-order valence-corrected chi connectivity index (χ4v) is 0.847. The van der Waals surface area contributed by atoms with Crippen LogP contribution in [0.3, 0.4) is 0 Å². The van der Waals surface area contributed by atoms with Crippen molar-refractivity contribution in [3.8, 4) is 0 Å². The molecule has 3 N–H and O–H groups in total. The topological polar surface area (TPSA) is 38.0 Å². The Morgan fingerprint density at radius 3 is 2.00 bits per heavy atom. The number of nitrogens with two attached hydrogens (primary N) is 1. The van der Waals surface area contributed by atoms with Crippen molar-refractivity contribution in [2.24, 2.45) is 5.73 Å². The SMILES string of the molecule is Cl.Cl.Cl.NC1CNCCC1(F)F. The van der Waals surface area contributed by atoms with Crippen LogP contribution in [0.5, 0.6) is 0 Å². The molecule has 1 fully saturated rings. The van der Waals surface area contributed by atoms with Crippen LogP contribution in [0, 0.1) is 0 Å². The summed E-state index contributed by atoms with van der Waals surface area (Å²) in [5.74, 6) is -2.65. The number of piperidine rings is 1. The minimum absolute atomic E-state index is 0. The fraction of sp³-hybridized carbons (Fsp3) is 1.00. The standard InChI is InChI=1S/C5H10F2N2.3ClH/c6-5(7)1-2-9-3-4(5)8;;;/h4,9H,1-3,8H2;3*1H. The Morgan fingerprint density at radius 2 is 1.75 bits per heavy atom. The van der Waals surface area contributed by atoms with Crippen molar-refractivity contribution in [1.82, 2.24) is 5.32 Å². The van der Waals surface area contributed by atoms with E-state index in [1.54, 1.807) is 0 Å². The van der Waals surface area contributed by atoms with E-state index in [9.17, 15) is 8.78 Å². The molecule has 0 aromatic rings. The summed E-state index contributed by atoms with van der Waals surface area (Å²) in [4.78, 5) is 0. The summed E-state index contributed by atoms with van der Waals surface area (Å²) in [6, 6.07) is -0.994. The van der Waals surface area contributed by atoms with E-state index < -0.39 is 12.0 Å². The van der Waals surface area contributed by atoms with Crippen molar-refractivity contribution in [3.05, 3.63) is 0 Å². The van der Waals surface area contributed by atoms with Gasteiger partial charge in [-0.25, -0.2) is 8.78 Å². The minimum Gasteiger partial charge on any atom is -0.322 e. The van der Waals surface area contributed by atoms with E-state index in [-0.39, 0.29) is 50.2 Å². The van der Waals surface area contributed by atoms with Crippen molar-refractivity contribution in [2.75, 3.05) is 13.1 Å². The second kappa shape index (κ2) is 7.09. The third-order valence-corrected chi connectivity index (χ3v) is 1.54. The predicted octanol–water partition coefficient (Wildman–Crippen LogP) is 1.21. The highest BCUT2D eigenvalue weighted by atomic mass is 35.5. The number of nitrogens with one attached hydrogen (secondary N) is 1.